The molecule has 0 radical (unpaired) electrons. The van der Waals surface area contributed by atoms with Gasteiger partial charge < -0.3 is 5.32 Å². The van der Waals surface area contributed by atoms with E-state index in [9.17, 15) is 0 Å². The van der Waals surface area contributed by atoms with Crippen LogP contribution in [0.3, 0.4) is 0 Å². The Labute approximate surface area is 92.0 Å². The van der Waals surface area contributed by atoms with Crippen LogP contribution in [0, 0.1) is 11.3 Å². The third kappa shape index (κ3) is 1.97. The van der Waals surface area contributed by atoms with Crippen molar-refractivity contribution in [3.63, 3.8) is 0 Å². The van der Waals surface area contributed by atoms with Crippen LogP contribution in [0.5, 0.6) is 0 Å². The Kier molecular flexibility index (Phi) is 2.66. The molecule has 0 fully saturated rings. The van der Waals surface area contributed by atoms with Gasteiger partial charge in [-0.3, -0.25) is 0 Å². The SMILES string of the molecule is CNc1cc(-c2ccc(C#N)s2)ccn1. The molecule has 74 valence electrons. The summed E-state index contributed by atoms with van der Waals surface area (Å²) in [5.41, 5.74) is 1.08. The zero-order chi connectivity index (χ0) is 10.7. The highest BCUT2D eigenvalue weighted by atomic mass is 32.1. The van der Waals surface area contributed by atoms with Gasteiger partial charge in [0.25, 0.3) is 0 Å². The molecule has 0 aliphatic carbocycles. The van der Waals surface area contributed by atoms with Gasteiger partial charge in [0.2, 0.25) is 0 Å². The molecular formula is C11H9N3S. The predicted molar refractivity (Wildman–Crippen MR) is 61.8 cm³/mol. The summed E-state index contributed by atoms with van der Waals surface area (Å²) in [6, 6.07) is 9.83. The van der Waals surface area contributed by atoms with Crippen molar-refractivity contribution < 1.29 is 0 Å². The lowest BCUT2D eigenvalue weighted by atomic mass is 10.2. The number of nitrogens with one attached hydrogen (secondary N) is 1. The van der Waals surface area contributed by atoms with Crippen molar-refractivity contribution in [1.29, 1.82) is 5.26 Å². The van der Waals surface area contributed by atoms with Gasteiger partial charge in [-0.05, 0) is 29.8 Å². The molecule has 0 aliphatic rings. The van der Waals surface area contributed by atoms with Crippen molar-refractivity contribution in [2.75, 3.05) is 12.4 Å². The van der Waals surface area contributed by atoms with Crippen molar-refractivity contribution in [2.24, 2.45) is 0 Å². The molecule has 0 amide bonds. The Morgan fingerprint density at radius 1 is 1.40 bits per heavy atom. The minimum atomic E-state index is 0.729. The maximum atomic E-state index is 8.73. The molecular weight excluding hydrogens is 206 g/mol. The molecule has 2 aromatic rings. The van der Waals surface area contributed by atoms with Crippen molar-refractivity contribution >= 4 is 17.2 Å². The van der Waals surface area contributed by atoms with E-state index in [0.717, 1.165) is 21.1 Å². The lowest BCUT2D eigenvalue weighted by Gasteiger charge is -2.00. The first kappa shape index (κ1) is 9.69. The van der Waals surface area contributed by atoms with E-state index in [1.165, 1.54) is 11.3 Å². The number of nitriles is 1. The topological polar surface area (TPSA) is 48.7 Å². The van der Waals surface area contributed by atoms with E-state index in [2.05, 4.69) is 16.4 Å². The summed E-state index contributed by atoms with van der Waals surface area (Å²) in [5, 5.41) is 11.7. The van der Waals surface area contributed by atoms with Crippen molar-refractivity contribution in [3.8, 4) is 16.5 Å². The monoisotopic (exact) mass is 215 g/mol. The number of thiophene rings is 1. The fourth-order valence-corrected chi connectivity index (χ4v) is 2.07. The van der Waals surface area contributed by atoms with Gasteiger partial charge in [-0.1, -0.05) is 0 Å². The second kappa shape index (κ2) is 4.11. The summed E-state index contributed by atoms with van der Waals surface area (Å²) in [4.78, 5) is 5.96. The van der Waals surface area contributed by atoms with Gasteiger partial charge in [-0.15, -0.1) is 11.3 Å². The Morgan fingerprint density at radius 2 is 2.27 bits per heavy atom. The first-order chi connectivity index (χ1) is 7.33. The van der Waals surface area contributed by atoms with Crippen LogP contribution in [-0.2, 0) is 0 Å². The molecule has 0 aliphatic heterocycles. The molecule has 0 saturated carbocycles. The number of aromatic nitrogens is 1. The third-order valence-electron chi connectivity index (χ3n) is 2.02. The van der Waals surface area contributed by atoms with Gasteiger partial charge in [-0.2, -0.15) is 5.26 Å². The zero-order valence-electron chi connectivity index (χ0n) is 8.19. The molecule has 4 heteroatoms. The molecule has 1 N–H and O–H groups in total. The lowest BCUT2D eigenvalue weighted by Crippen LogP contribution is -1.90. The van der Waals surface area contributed by atoms with E-state index >= 15 is 0 Å². The highest BCUT2D eigenvalue weighted by molar-refractivity contribution is 7.16. The largest absolute Gasteiger partial charge is 0.373 e. The molecule has 0 spiro atoms. The minimum absolute atomic E-state index is 0.729. The first-order valence-corrected chi connectivity index (χ1v) is 5.29. The maximum Gasteiger partial charge on any atom is 0.126 e. The molecule has 0 bridgehead atoms. The molecule has 2 rings (SSSR count). The van der Waals surface area contributed by atoms with Crippen LogP contribution in [0.4, 0.5) is 5.82 Å². The highest BCUT2D eigenvalue weighted by Gasteiger charge is 2.03. The van der Waals surface area contributed by atoms with Crippen molar-refractivity contribution in [1.82, 2.24) is 4.98 Å². The molecule has 0 saturated heterocycles. The number of rotatable bonds is 2. The van der Waals surface area contributed by atoms with Crippen molar-refractivity contribution in [2.45, 2.75) is 0 Å². The minimum Gasteiger partial charge on any atom is -0.373 e. The third-order valence-corrected chi connectivity index (χ3v) is 3.06. The number of hydrogen-bond donors (Lipinski definition) is 1. The Morgan fingerprint density at radius 3 is 2.93 bits per heavy atom. The van der Waals surface area contributed by atoms with Crippen LogP contribution in [0.2, 0.25) is 0 Å². The van der Waals surface area contributed by atoms with E-state index in [4.69, 9.17) is 5.26 Å². The lowest BCUT2D eigenvalue weighted by molar-refractivity contribution is 1.29. The van der Waals surface area contributed by atoms with Crippen LogP contribution in [-0.4, -0.2) is 12.0 Å². The van der Waals surface area contributed by atoms with Gasteiger partial charge in [0.1, 0.15) is 16.8 Å². The smallest absolute Gasteiger partial charge is 0.126 e. The fourth-order valence-electron chi connectivity index (χ4n) is 1.27. The van der Waals surface area contributed by atoms with E-state index in [0.29, 0.717) is 0 Å². The van der Waals surface area contributed by atoms with Crippen LogP contribution in [0.15, 0.2) is 30.5 Å². The number of anilines is 1. The highest BCUT2D eigenvalue weighted by Crippen LogP contribution is 2.28. The summed E-state index contributed by atoms with van der Waals surface area (Å²) in [7, 11) is 1.83. The number of hydrogen-bond acceptors (Lipinski definition) is 4. The molecule has 0 aromatic carbocycles. The second-order valence-corrected chi connectivity index (χ2v) is 4.04. The molecule has 0 atom stereocenters. The number of pyridine rings is 1. The van der Waals surface area contributed by atoms with E-state index in [-0.39, 0.29) is 0 Å². The van der Waals surface area contributed by atoms with Crippen LogP contribution < -0.4 is 5.32 Å². The summed E-state index contributed by atoms with van der Waals surface area (Å²) in [5.74, 6) is 0.833. The molecule has 0 unspecified atom stereocenters. The van der Waals surface area contributed by atoms with Gasteiger partial charge >= 0.3 is 0 Å². The van der Waals surface area contributed by atoms with Gasteiger partial charge in [0.15, 0.2) is 0 Å². The van der Waals surface area contributed by atoms with E-state index in [1.54, 1.807) is 6.20 Å². The fraction of sp³-hybridized carbons (Fsp3) is 0.0909. The van der Waals surface area contributed by atoms with Crippen LogP contribution >= 0.6 is 11.3 Å². The Balaban J connectivity index is 2.41. The van der Waals surface area contributed by atoms with Gasteiger partial charge in [0, 0.05) is 18.1 Å². The van der Waals surface area contributed by atoms with Crippen molar-refractivity contribution in [3.05, 3.63) is 35.3 Å². The summed E-state index contributed by atoms with van der Waals surface area (Å²) >= 11 is 1.49. The molecule has 15 heavy (non-hydrogen) atoms. The van der Waals surface area contributed by atoms with Crippen LogP contribution in [0.25, 0.3) is 10.4 Å². The first-order valence-electron chi connectivity index (χ1n) is 4.47. The average molecular weight is 215 g/mol. The normalized spacial score (nSPS) is 9.60. The predicted octanol–water partition coefficient (Wildman–Crippen LogP) is 2.72. The van der Waals surface area contributed by atoms with Gasteiger partial charge in [0.05, 0.1) is 0 Å². The maximum absolute atomic E-state index is 8.73. The Hall–Kier alpha value is -1.86. The second-order valence-electron chi connectivity index (χ2n) is 2.96. The van der Waals surface area contributed by atoms with E-state index in [1.807, 2.05) is 31.3 Å². The summed E-state index contributed by atoms with van der Waals surface area (Å²) < 4.78 is 0. The average Bonchev–Trinajstić information content (AvgIpc) is 2.78. The molecule has 2 aromatic heterocycles. The Bertz CT molecular complexity index is 511. The summed E-state index contributed by atoms with van der Waals surface area (Å²) in [6.45, 7) is 0. The quantitative estimate of drug-likeness (QED) is 0.838. The summed E-state index contributed by atoms with van der Waals surface area (Å²) in [6.07, 6.45) is 1.76. The molecule has 3 nitrogen and oxygen atoms in total. The zero-order valence-corrected chi connectivity index (χ0v) is 9.01. The van der Waals surface area contributed by atoms with Gasteiger partial charge in [-0.25, -0.2) is 4.98 Å². The van der Waals surface area contributed by atoms with Crippen LogP contribution in [0.1, 0.15) is 4.88 Å². The molecule has 2 heterocycles. The van der Waals surface area contributed by atoms with E-state index < -0.39 is 0 Å². The number of nitrogens with zero attached hydrogens (tertiary/aromatic N) is 2. The standard InChI is InChI=1S/C11H9N3S/c1-13-11-6-8(4-5-14-11)10-3-2-9(7-12)15-10/h2-6H,1H3,(H,13,14).